The zero-order chi connectivity index (χ0) is 15.5. The Labute approximate surface area is 131 Å². The molecule has 2 aliphatic rings. The summed E-state index contributed by atoms with van der Waals surface area (Å²) < 4.78 is 0. The van der Waals surface area contributed by atoms with E-state index in [1.807, 2.05) is 36.2 Å². The number of carbonyl (C=O) groups excluding carboxylic acids is 1. The Morgan fingerprint density at radius 2 is 2.09 bits per heavy atom. The van der Waals surface area contributed by atoms with Crippen LogP contribution in [0.15, 0.2) is 29.3 Å². The summed E-state index contributed by atoms with van der Waals surface area (Å²) in [5.74, 6) is 0. The van der Waals surface area contributed by atoms with Crippen LogP contribution in [-0.2, 0) is 0 Å². The number of aliphatic imine (C=N–C) groups is 1. The monoisotopic (exact) mass is 300 g/mol. The maximum absolute atomic E-state index is 12.6. The summed E-state index contributed by atoms with van der Waals surface area (Å²) in [5, 5.41) is 0. The van der Waals surface area contributed by atoms with Gasteiger partial charge in [0.1, 0.15) is 0 Å². The molecule has 0 bridgehead atoms. The molecule has 1 saturated carbocycles. The van der Waals surface area contributed by atoms with Crippen LogP contribution in [0.2, 0.25) is 0 Å². The Morgan fingerprint density at radius 3 is 2.82 bits per heavy atom. The van der Waals surface area contributed by atoms with Crippen LogP contribution >= 0.6 is 0 Å². The molecule has 22 heavy (non-hydrogen) atoms. The highest BCUT2D eigenvalue weighted by Gasteiger charge is 2.29. The van der Waals surface area contributed by atoms with Crippen molar-refractivity contribution in [2.75, 3.05) is 19.3 Å². The summed E-state index contributed by atoms with van der Waals surface area (Å²) in [6.45, 7) is 0.597. The van der Waals surface area contributed by atoms with E-state index in [1.165, 1.54) is 19.3 Å². The van der Waals surface area contributed by atoms with E-state index in [4.69, 9.17) is 5.73 Å². The molecule has 1 aliphatic heterocycles. The van der Waals surface area contributed by atoms with Crippen molar-refractivity contribution in [2.24, 2.45) is 4.99 Å². The van der Waals surface area contributed by atoms with Crippen LogP contribution in [0.5, 0.6) is 0 Å². The zero-order valence-corrected chi connectivity index (χ0v) is 13.1. The fraction of sp³-hybridized carbons (Fsp3) is 0.529. The van der Waals surface area contributed by atoms with Crippen LogP contribution in [0.25, 0.3) is 0 Å². The van der Waals surface area contributed by atoms with Crippen LogP contribution < -0.4 is 5.73 Å². The molecule has 1 atom stereocenters. The topological polar surface area (TPSA) is 61.9 Å². The van der Waals surface area contributed by atoms with Gasteiger partial charge in [-0.15, -0.1) is 0 Å². The summed E-state index contributed by atoms with van der Waals surface area (Å²) in [6.07, 6.45) is 7.65. The molecule has 1 unspecified atom stereocenters. The molecule has 5 heteroatoms. The molecule has 0 radical (unpaired) electrons. The molecule has 0 saturated heterocycles. The average Bonchev–Trinajstić information content (AvgIpc) is 3.04. The third-order valence-electron chi connectivity index (χ3n) is 4.72. The number of anilines is 1. The highest BCUT2D eigenvalue weighted by molar-refractivity contribution is 5.87. The van der Waals surface area contributed by atoms with Crippen molar-refractivity contribution in [1.82, 2.24) is 9.80 Å². The van der Waals surface area contributed by atoms with Crippen LogP contribution in [0, 0.1) is 0 Å². The first-order chi connectivity index (χ1) is 10.6. The van der Waals surface area contributed by atoms with Gasteiger partial charge in [0.05, 0.1) is 18.9 Å². The lowest BCUT2D eigenvalue weighted by molar-refractivity contribution is 0.155. The molecule has 0 aromatic heterocycles. The Hall–Kier alpha value is -2.04. The number of amides is 2. The van der Waals surface area contributed by atoms with E-state index in [0.717, 1.165) is 24.1 Å². The number of hydrogen-bond acceptors (Lipinski definition) is 3. The molecule has 1 aromatic rings. The number of nitrogens with two attached hydrogens (primary N) is 1. The summed E-state index contributed by atoms with van der Waals surface area (Å²) in [5.41, 5.74) is 7.62. The Morgan fingerprint density at radius 1 is 1.32 bits per heavy atom. The second-order valence-electron chi connectivity index (χ2n) is 6.29. The molecule has 5 nitrogen and oxygen atoms in total. The molecule has 2 amide bonds. The number of hydrogen-bond donors (Lipinski definition) is 1. The molecule has 1 fully saturated rings. The fourth-order valence-electron chi connectivity index (χ4n) is 3.35. The lowest BCUT2D eigenvalue weighted by atomic mass is 9.95. The van der Waals surface area contributed by atoms with Gasteiger partial charge < -0.3 is 10.6 Å². The Balaban J connectivity index is 1.62. The predicted octanol–water partition coefficient (Wildman–Crippen LogP) is 3.04. The van der Waals surface area contributed by atoms with E-state index in [0.29, 0.717) is 12.6 Å². The highest BCUT2D eigenvalue weighted by atomic mass is 16.2. The number of rotatable bonds is 2. The lowest BCUT2D eigenvalue weighted by Crippen LogP contribution is -2.45. The highest BCUT2D eigenvalue weighted by Crippen LogP contribution is 2.26. The molecule has 2 N–H and O–H groups in total. The maximum Gasteiger partial charge on any atom is 0.325 e. The summed E-state index contributed by atoms with van der Waals surface area (Å²) >= 11 is 0. The van der Waals surface area contributed by atoms with Crippen molar-refractivity contribution in [3.05, 3.63) is 29.8 Å². The van der Waals surface area contributed by atoms with Crippen LogP contribution in [-0.4, -0.2) is 41.8 Å². The van der Waals surface area contributed by atoms with Gasteiger partial charge in [-0.3, -0.25) is 9.89 Å². The number of benzene rings is 1. The van der Waals surface area contributed by atoms with Gasteiger partial charge in [-0.1, -0.05) is 31.4 Å². The zero-order valence-electron chi connectivity index (χ0n) is 13.1. The van der Waals surface area contributed by atoms with Gasteiger partial charge in [-0.2, -0.15) is 0 Å². The maximum atomic E-state index is 12.6. The van der Waals surface area contributed by atoms with E-state index in [1.54, 1.807) is 11.2 Å². The molecular weight excluding hydrogens is 276 g/mol. The minimum atomic E-state index is -0.00722. The number of nitrogens with zero attached hydrogens (tertiary/aromatic N) is 3. The van der Waals surface area contributed by atoms with E-state index in [-0.39, 0.29) is 12.1 Å². The third kappa shape index (κ3) is 3.08. The average molecular weight is 300 g/mol. The first-order valence-corrected chi connectivity index (χ1v) is 8.07. The Kier molecular flexibility index (Phi) is 4.32. The van der Waals surface area contributed by atoms with E-state index in [2.05, 4.69) is 4.99 Å². The summed E-state index contributed by atoms with van der Waals surface area (Å²) in [4.78, 5) is 20.7. The van der Waals surface area contributed by atoms with Crippen molar-refractivity contribution in [3.63, 3.8) is 0 Å². The van der Waals surface area contributed by atoms with Gasteiger partial charge in [-0.05, 0) is 30.5 Å². The number of urea groups is 1. The van der Waals surface area contributed by atoms with Crippen molar-refractivity contribution in [1.29, 1.82) is 0 Å². The standard InChI is InChI=1S/C17H24N4O/c1-20(15-8-3-2-4-9-15)17(22)21-11-16(19-12-21)13-6-5-7-14(18)10-13/h5-7,10,12,15-16H,2-4,8-9,11,18H2,1H3. The summed E-state index contributed by atoms with van der Waals surface area (Å²) in [6, 6.07) is 8.16. The van der Waals surface area contributed by atoms with E-state index < -0.39 is 0 Å². The van der Waals surface area contributed by atoms with Gasteiger partial charge in [0.2, 0.25) is 0 Å². The smallest absolute Gasteiger partial charge is 0.325 e. The lowest BCUT2D eigenvalue weighted by Gasteiger charge is -2.33. The largest absolute Gasteiger partial charge is 0.399 e. The Bertz CT molecular complexity index is 566. The second-order valence-corrected chi connectivity index (χ2v) is 6.29. The van der Waals surface area contributed by atoms with Crippen molar-refractivity contribution < 1.29 is 4.79 Å². The minimum Gasteiger partial charge on any atom is -0.399 e. The van der Waals surface area contributed by atoms with Crippen LogP contribution in [0.3, 0.4) is 0 Å². The van der Waals surface area contributed by atoms with E-state index >= 15 is 0 Å². The van der Waals surface area contributed by atoms with Crippen molar-refractivity contribution in [3.8, 4) is 0 Å². The van der Waals surface area contributed by atoms with Gasteiger partial charge in [0.25, 0.3) is 0 Å². The van der Waals surface area contributed by atoms with E-state index in [9.17, 15) is 4.79 Å². The van der Waals surface area contributed by atoms with Gasteiger partial charge in [-0.25, -0.2) is 4.79 Å². The van der Waals surface area contributed by atoms with Gasteiger partial charge >= 0.3 is 6.03 Å². The van der Waals surface area contributed by atoms with Gasteiger partial charge in [0, 0.05) is 18.8 Å². The first kappa shape index (κ1) is 14.9. The molecular formula is C17H24N4O. The van der Waals surface area contributed by atoms with Crippen LogP contribution in [0.4, 0.5) is 10.5 Å². The molecule has 118 valence electrons. The second kappa shape index (κ2) is 6.38. The molecule has 1 aliphatic carbocycles. The summed E-state index contributed by atoms with van der Waals surface area (Å²) in [7, 11) is 1.92. The van der Waals surface area contributed by atoms with Gasteiger partial charge in [0.15, 0.2) is 0 Å². The predicted molar refractivity (Wildman–Crippen MR) is 88.8 cm³/mol. The number of carbonyl (C=O) groups is 1. The third-order valence-corrected chi connectivity index (χ3v) is 4.72. The molecule has 1 heterocycles. The van der Waals surface area contributed by atoms with Crippen molar-refractivity contribution in [2.45, 2.75) is 44.2 Å². The first-order valence-electron chi connectivity index (χ1n) is 8.07. The SMILES string of the molecule is CN(C(=O)N1C=NC(c2cccc(N)c2)C1)C1CCCCC1. The minimum absolute atomic E-state index is 0.00722. The number of nitrogen functional groups attached to an aromatic ring is 1. The molecule has 3 rings (SSSR count). The van der Waals surface area contributed by atoms with Crippen molar-refractivity contribution >= 4 is 18.1 Å². The normalized spacial score (nSPS) is 22.0. The molecule has 0 spiro atoms. The fourth-order valence-corrected chi connectivity index (χ4v) is 3.35. The van der Waals surface area contributed by atoms with Crippen LogP contribution in [0.1, 0.15) is 43.7 Å². The quantitative estimate of drug-likeness (QED) is 0.853. The molecule has 1 aromatic carbocycles.